The van der Waals surface area contributed by atoms with Crippen LogP contribution in [0.1, 0.15) is 31.1 Å². The average molecular weight is 357 g/mol. The van der Waals surface area contributed by atoms with Crippen molar-refractivity contribution in [2.24, 2.45) is 10.9 Å². The van der Waals surface area contributed by atoms with Crippen LogP contribution in [-0.4, -0.2) is 27.2 Å². The van der Waals surface area contributed by atoms with Crippen molar-refractivity contribution in [3.63, 3.8) is 0 Å². The lowest BCUT2D eigenvalue weighted by atomic mass is 9.90. The molecule has 0 fully saturated rings. The number of nitrogens with zero attached hydrogens (tertiary/aromatic N) is 3. The molecule has 0 spiro atoms. The number of nitro groups is 2. The first kappa shape index (κ1) is 18.8. The molecule has 1 aromatic carbocycles. The number of aliphatic imine (C=N–C) groups is 1. The number of carbonyl (C=O) groups excluding carboxylic acids is 2. The Morgan fingerprint density at radius 1 is 1.12 bits per heavy atom. The summed E-state index contributed by atoms with van der Waals surface area (Å²) >= 11 is 0. The summed E-state index contributed by atoms with van der Waals surface area (Å²) in [7, 11) is 0. The minimum Gasteiger partial charge on any atom is -0.290 e. The van der Waals surface area contributed by atoms with Crippen LogP contribution in [0.15, 0.2) is 46.5 Å². The third-order valence-corrected chi connectivity index (χ3v) is 3.79. The Labute approximate surface area is 148 Å². The van der Waals surface area contributed by atoms with E-state index in [9.17, 15) is 29.8 Å². The molecule has 2 rings (SSSR count). The number of carbonyl (C=O) groups is 2. The highest BCUT2D eigenvalue weighted by Crippen LogP contribution is 2.26. The number of non-ortho nitro benzene ring substituents is 1. The van der Waals surface area contributed by atoms with Crippen LogP contribution < -0.4 is 0 Å². The maximum Gasteiger partial charge on any atom is 0.289 e. The molecule has 0 heterocycles. The Morgan fingerprint density at radius 3 is 2.31 bits per heavy atom. The fourth-order valence-electron chi connectivity index (χ4n) is 2.39. The van der Waals surface area contributed by atoms with Crippen molar-refractivity contribution in [1.82, 2.24) is 0 Å². The largest absolute Gasteiger partial charge is 0.290 e. The number of benzene rings is 1. The second kappa shape index (κ2) is 7.18. The van der Waals surface area contributed by atoms with Gasteiger partial charge in [-0.25, -0.2) is 4.99 Å². The molecule has 0 aliphatic heterocycles. The summed E-state index contributed by atoms with van der Waals surface area (Å²) in [4.78, 5) is 48.5. The van der Waals surface area contributed by atoms with Gasteiger partial charge in [-0.15, -0.1) is 0 Å². The van der Waals surface area contributed by atoms with Gasteiger partial charge in [0.1, 0.15) is 5.56 Å². The molecule has 1 amide bonds. The van der Waals surface area contributed by atoms with Crippen molar-refractivity contribution in [1.29, 1.82) is 0 Å². The number of amides is 1. The first-order valence-corrected chi connectivity index (χ1v) is 7.62. The highest BCUT2D eigenvalue weighted by atomic mass is 16.6. The Hall–Kier alpha value is -3.49. The van der Waals surface area contributed by atoms with Gasteiger partial charge in [-0.1, -0.05) is 13.8 Å². The molecule has 0 unspecified atom stereocenters. The summed E-state index contributed by atoms with van der Waals surface area (Å²) in [6.45, 7) is 5.24. The second-order valence-electron chi connectivity index (χ2n) is 5.96. The van der Waals surface area contributed by atoms with Gasteiger partial charge >= 0.3 is 0 Å². The van der Waals surface area contributed by atoms with E-state index < -0.39 is 27.1 Å². The van der Waals surface area contributed by atoms with Gasteiger partial charge in [-0.2, -0.15) is 0 Å². The van der Waals surface area contributed by atoms with Gasteiger partial charge in [0.05, 0.1) is 21.6 Å². The molecule has 0 saturated heterocycles. The highest BCUT2D eigenvalue weighted by molar-refractivity contribution is 6.24. The van der Waals surface area contributed by atoms with E-state index in [1.807, 2.05) is 13.8 Å². The van der Waals surface area contributed by atoms with Crippen molar-refractivity contribution in [3.05, 3.63) is 67.3 Å². The Kier molecular flexibility index (Phi) is 5.20. The quantitative estimate of drug-likeness (QED) is 0.461. The molecule has 134 valence electrons. The fourth-order valence-corrected chi connectivity index (χ4v) is 2.39. The van der Waals surface area contributed by atoms with Gasteiger partial charge < -0.3 is 0 Å². The summed E-state index contributed by atoms with van der Waals surface area (Å²) in [6.07, 6.45) is 2.84. The third-order valence-electron chi connectivity index (χ3n) is 3.79. The van der Waals surface area contributed by atoms with Crippen molar-refractivity contribution in [2.75, 3.05) is 0 Å². The van der Waals surface area contributed by atoms with E-state index in [2.05, 4.69) is 4.99 Å². The first-order chi connectivity index (χ1) is 12.1. The van der Waals surface area contributed by atoms with Gasteiger partial charge in [0.2, 0.25) is 0 Å². The first-order valence-electron chi connectivity index (χ1n) is 7.62. The lowest BCUT2D eigenvalue weighted by molar-refractivity contribution is -0.394. The van der Waals surface area contributed by atoms with Gasteiger partial charge in [-0.05, 0) is 36.6 Å². The van der Waals surface area contributed by atoms with Crippen LogP contribution in [0.25, 0.3) is 0 Å². The van der Waals surface area contributed by atoms with Crippen LogP contribution in [0.3, 0.4) is 0 Å². The van der Waals surface area contributed by atoms with E-state index >= 15 is 0 Å². The lowest BCUT2D eigenvalue weighted by Crippen LogP contribution is -2.16. The van der Waals surface area contributed by atoms with Gasteiger partial charge in [0.25, 0.3) is 17.3 Å². The fraction of sp³-hybridized carbons (Fsp3) is 0.235. The predicted octanol–water partition coefficient (Wildman–Crippen LogP) is 3.20. The molecular formula is C17H15N3O6. The van der Waals surface area contributed by atoms with Crippen molar-refractivity contribution >= 4 is 28.8 Å². The summed E-state index contributed by atoms with van der Waals surface area (Å²) in [5, 5.41) is 21.9. The molecule has 1 aliphatic rings. The van der Waals surface area contributed by atoms with Gasteiger partial charge in [-0.3, -0.25) is 29.8 Å². The predicted molar refractivity (Wildman–Crippen MR) is 93.2 cm³/mol. The molecule has 0 aromatic heterocycles. The number of ketones is 1. The highest BCUT2D eigenvalue weighted by Gasteiger charge is 2.25. The standard InChI is InChI=1S/C17H15N3O6/c1-9(2)13-8-14(10(3)6-16(13)21)18-17(22)12-5-4-11(19(23)24)7-15(12)20(25)26/h4-9H,1-3H3. The smallest absolute Gasteiger partial charge is 0.289 e. The van der Waals surface area contributed by atoms with E-state index in [4.69, 9.17) is 0 Å². The van der Waals surface area contributed by atoms with Crippen molar-refractivity contribution < 1.29 is 19.4 Å². The normalized spacial score (nSPS) is 15.7. The molecule has 26 heavy (non-hydrogen) atoms. The van der Waals surface area contributed by atoms with Crippen molar-refractivity contribution in [3.8, 4) is 0 Å². The Bertz CT molecular complexity index is 924. The number of nitro benzene ring substituents is 2. The van der Waals surface area contributed by atoms with E-state index in [0.717, 1.165) is 18.2 Å². The average Bonchev–Trinajstić information content (AvgIpc) is 2.56. The number of allylic oxidation sites excluding steroid dienone is 4. The van der Waals surface area contributed by atoms with Crippen LogP contribution in [0.4, 0.5) is 11.4 Å². The summed E-state index contributed by atoms with van der Waals surface area (Å²) in [6, 6.07) is 2.72. The number of rotatable bonds is 4. The summed E-state index contributed by atoms with van der Waals surface area (Å²) in [5.74, 6) is -1.17. The van der Waals surface area contributed by atoms with E-state index in [-0.39, 0.29) is 23.0 Å². The second-order valence-corrected chi connectivity index (χ2v) is 5.96. The zero-order chi connectivity index (χ0) is 19.6. The number of hydrogen-bond donors (Lipinski definition) is 0. The molecule has 0 bridgehead atoms. The van der Waals surface area contributed by atoms with Gasteiger partial charge in [0.15, 0.2) is 5.78 Å². The minimum atomic E-state index is -0.914. The SMILES string of the molecule is CC1=CC(=O)C(C(C)C)=CC1=NC(=O)c1ccc([N+](=O)[O-])cc1[N+](=O)[O-]. The molecule has 9 nitrogen and oxygen atoms in total. The lowest BCUT2D eigenvalue weighted by Gasteiger charge is -2.14. The molecule has 9 heteroatoms. The Balaban J connectivity index is 2.51. The monoisotopic (exact) mass is 357 g/mol. The number of hydrogen-bond acceptors (Lipinski definition) is 6. The molecule has 1 aliphatic carbocycles. The third kappa shape index (κ3) is 3.77. The van der Waals surface area contributed by atoms with Crippen LogP contribution in [-0.2, 0) is 4.79 Å². The van der Waals surface area contributed by atoms with Crippen molar-refractivity contribution in [2.45, 2.75) is 20.8 Å². The molecule has 0 saturated carbocycles. The van der Waals surface area contributed by atoms with Crippen LogP contribution in [0.2, 0.25) is 0 Å². The maximum absolute atomic E-state index is 12.4. The zero-order valence-corrected chi connectivity index (χ0v) is 14.3. The topological polar surface area (TPSA) is 133 Å². The zero-order valence-electron chi connectivity index (χ0n) is 14.3. The van der Waals surface area contributed by atoms with E-state index in [1.165, 1.54) is 12.2 Å². The summed E-state index contributed by atoms with van der Waals surface area (Å²) < 4.78 is 0. The molecule has 0 N–H and O–H groups in total. The molecule has 0 atom stereocenters. The Morgan fingerprint density at radius 2 is 1.77 bits per heavy atom. The molecule has 0 radical (unpaired) electrons. The van der Waals surface area contributed by atoms with Crippen LogP contribution >= 0.6 is 0 Å². The van der Waals surface area contributed by atoms with E-state index in [0.29, 0.717) is 11.1 Å². The van der Waals surface area contributed by atoms with Crippen LogP contribution in [0.5, 0.6) is 0 Å². The molecular weight excluding hydrogens is 342 g/mol. The maximum atomic E-state index is 12.4. The van der Waals surface area contributed by atoms with Gasteiger partial charge in [0, 0.05) is 11.6 Å². The van der Waals surface area contributed by atoms with Crippen LogP contribution in [0, 0.1) is 26.1 Å². The minimum absolute atomic E-state index is 0.0825. The van der Waals surface area contributed by atoms with E-state index in [1.54, 1.807) is 6.92 Å². The molecule has 1 aromatic rings. The summed E-state index contributed by atoms with van der Waals surface area (Å²) in [5.41, 5.74) is -0.404.